The van der Waals surface area contributed by atoms with Crippen LogP contribution in [0, 0.1) is 5.92 Å². The Balaban J connectivity index is 2.20. The van der Waals surface area contributed by atoms with E-state index in [4.69, 9.17) is 5.73 Å². The third-order valence-corrected chi connectivity index (χ3v) is 2.77. The second-order valence-corrected chi connectivity index (χ2v) is 4.74. The van der Waals surface area contributed by atoms with Crippen molar-refractivity contribution in [3.8, 4) is 5.69 Å². The van der Waals surface area contributed by atoms with Gasteiger partial charge in [0.15, 0.2) is 0 Å². The number of hydrogen-bond acceptors (Lipinski definition) is 2. The van der Waals surface area contributed by atoms with Gasteiger partial charge in [0.2, 0.25) is 0 Å². The van der Waals surface area contributed by atoms with Gasteiger partial charge in [-0.15, -0.1) is 0 Å². The number of nitrogens with two attached hydrogens (primary N) is 1. The summed E-state index contributed by atoms with van der Waals surface area (Å²) < 4.78 is 1.80. The fourth-order valence-electron chi connectivity index (χ4n) is 1.78. The Morgan fingerprint density at radius 2 is 1.94 bits per heavy atom. The van der Waals surface area contributed by atoms with E-state index in [9.17, 15) is 0 Å². The predicted octanol–water partition coefficient (Wildman–Crippen LogP) is 3.04. The molecule has 0 saturated heterocycles. The Bertz CT molecular complexity index is 471. The summed E-state index contributed by atoms with van der Waals surface area (Å²) in [6, 6.07) is 12.0. The fourth-order valence-corrected chi connectivity index (χ4v) is 1.78. The molecule has 17 heavy (non-hydrogen) atoms. The Morgan fingerprint density at radius 3 is 2.59 bits per heavy atom. The second-order valence-electron chi connectivity index (χ2n) is 4.74. The first-order valence-corrected chi connectivity index (χ1v) is 6.06. The van der Waals surface area contributed by atoms with E-state index in [1.807, 2.05) is 36.4 Å². The van der Waals surface area contributed by atoms with Crippen LogP contribution in [-0.4, -0.2) is 9.78 Å². The van der Waals surface area contributed by atoms with E-state index in [-0.39, 0.29) is 0 Å². The monoisotopic (exact) mass is 229 g/mol. The normalized spacial score (nSPS) is 11.0. The summed E-state index contributed by atoms with van der Waals surface area (Å²) in [6.07, 6.45) is 2.13. The zero-order valence-corrected chi connectivity index (χ0v) is 10.4. The molecule has 0 unspecified atom stereocenters. The minimum atomic E-state index is 0.693. The fraction of sp³-hybridized carbons (Fsp3) is 0.357. The van der Waals surface area contributed by atoms with E-state index < -0.39 is 0 Å². The summed E-state index contributed by atoms with van der Waals surface area (Å²) in [5.74, 6) is 1.40. The van der Waals surface area contributed by atoms with Crippen LogP contribution in [0.2, 0.25) is 0 Å². The summed E-state index contributed by atoms with van der Waals surface area (Å²) in [7, 11) is 0. The lowest BCUT2D eigenvalue weighted by Gasteiger charge is -2.03. The molecular weight excluding hydrogens is 210 g/mol. The van der Waals surface area contributed by atoms with Crippen molar-refractivity contribution in [3.63, 3.8) is 0 Å². The highest BCUT2D eigenvalue weighted by Crippen LogP contribution is 2.16. The average molecular weight is 229 g/mol. The molecule has 1 aromatic heterocycles. The zero-order chi connectivity index (χ0) is 12.3. The molecule has 2 N–H and O–H groups in total. The van der Waals surface area contributed by atoms with Crippen LogP contribution >= 0.6 is 0 Å². The number of aryl methyl sites for hydroxylation is 1. The molecule has 1 aromatic carbocycles. The average Bonchev–Trinajstić information content (AvgIpc) is 2.69. The topological polar surface area (TPSA) is 43.8 Å². The summed E-state index contributed by atoms with van der Waals surface area (Å²) in [4.78, 5) is 0. The van der Waals surface area contributed by atoms with Crippen molar-refractivity contribution in [3.05, 3.63) is 42.1 Å². The maximum absolute atomic E-state index is 5.98. The van der Waals surface area contributed by atoms with Gasteiger partial charge in [0.05, 0.1) is 11.4 Å². The lowest BCUT2D eigenvalue weighted by Crippen LogP contribution is -2.01. The van der Waals surface area contributed by atoms with Crippen molar-refractivity contribution in [1.29, 1.82) is 0 Å². The maximum Gasteiger partial charge on any atom is 0.127 e. The minimum absolute atomic E-state index is 0.693. The van der Waals surface area contributed by atoms with Crippen molar-refractivity contribution >= 4 is 5.82 Å². The van der Waals surface area contributed by atoms with E-state index in [0.29, 0.717) is 11.7 Å². The SMILES string of the molecule is CC(C)CCc1cc(N)n(-c2ccccc2)n1. The van der Waals surface area contributed by atoms with Gasteiger partial charge in [-0.3, -0.25) is 0 Å². The summed E-state index contributed by atoms with van der Waals surface area (Å²) in [5.41, 5.74) is 8.06. The van der Waals surface area contributed by atoms with Crippen molar-refractivity contribution in [1.82, 2.24) is 9.78 Å². The minimum Gasteiger partial charge on any atom is -0.384 e. The van der Waals surface area contributed by atoms with Gasteiger partial charge in [0.25, 0.3) is 0 Å². The van der Waals surface area contributed by atoms with Gasteiger partial charge in [0, 0.05) is 6.07 Å². The molecule has 0 saturated carbocycles. The number of para-hydroxylation sites is 1. The summed E-state index contributed by atoms with van der Waals surface area (Å²) >= 11 is 0. The lowest BCUT2D eigenvalue weighted by atomic mass is 10.1. The Hall–Kier alpha value is -1.77. The third kappa shape index (κ3) is 2.87. The largest absolute Gasteiger partial charge is 0.384 e. The molecule has 0 amide bonds. The molecule has 0 bridgehead atoms. The van der Waals surface area contributed by atoms with Crippen LogP contribution in [0.15, 0.2) is 36.4 Å². The van der Waals surface area contributed by atoms with Gasteiger partial charge in [-0.1, -0.05) is 32.0 Å². The molecule has 3 nitrogen and oxygen atoms in total. The maximum atomic E-state index is 5.98. The molecule has 90 valence electrons. The van der Waals surface area contributed by atoms with E-state index in [1.54, 1.807) is 4.68 Å². The first-order valence-electron chi connectivity index (χ1n) is 6.06. The predicted molar refractivity (Wildman–Crippen MR) is 71.1 cm³/mol. The number of hydrogen-bond donors (Lipinski definition) is 1. The molecule has 0 spiro atoms. The highest BCUT2D eigenvalue weighted by molar-refractivity contribution is 5.42. The van der Waals surface area contributed by atoms with Crippen LogP contribution < -0.4 is 5.73 Å². The van der Waals surface area contributed by atoms with Crippen molar-refractivity contribution in [2.24, 2.45) is 5.92 Å². The van der Waals surface area contributed by atoms with Crippen LogP contribution in [0.4, 0.5) is 5.82 Å². The first-order chi connectivity index (χ1) is 8.16. The van der Waals surface area contributed by atoms with E-state index >= 15 is 0 Å². The van der Waals surface area contributed by atoms with Crippen molar-refractivity contribution in [2.45, 2.75) is 26.7 Å². The van der Waals surface area contributed by atoms with Gasteiger partial charge >= 0.3 is 0 Å². The molecule has 0 fully saturated rings. The van der Waals surface area contributed by atoms with Crippen molar-refractivity contribution in [2.75, 3.05) is 5.73 Å². The molecule has 0 atom stereocenters. The van der Waals surface area contributed by atoms with Crippen LogP contribution in [0.3, 0.4) is 0 Å². The summed E-state index contributed by atoms with van der Waals surface area (Å²) in [6.45, 7) is 4.44. The standard InChI is InChI=1S/C14H19N3/c1-11(2)8-9-12-10-14(15)17(16-12)13-6-4-3-5-7-13/h3-7,10-11H,8-9,15H2,1-2H3. The molecule has 0 aliphatic rings. The molecule has 0 radical (unpaired) electrons. The van der Waals surface area contributed by atoms with Gasteiger partial charge in [-0.25, -0.2) is 4.68 Å². The Kier molecular flexibility index (Phi) is 3.47. The zero-order valence-electron chi connectivity index (χ0n) is 10.4. The van der Waals surface area contributed by atoms with Crippen LogP contribution in [0.5, 0.6) is 0 Å². The third-order valence-electron chi connectivity index (χ3n) is 2.77. The van der Waals surface area contributed by atoms with Gasteiger partial charge in [-0.2, -0.15) is 5.10 Å². The number of nitrogen functional groups attached to an aromatic ring is 1. The molecule has 1 heterocycles. The Labute approximate surface area is 102 Å². The van der Waals surface area contributed by atoms with Crippen LogP contribution in [-0.2, 0) is 6.42 Å². The number of anilines is 1. The second kappa shape index (κ2) is 5.04. The van der Waals surface area contributed by atoms with E-state index in [0.717, 1.165) is 24.2 Å². The quantitative estimate of drug-likeness (QED) is 0.875. The first kappa shape index (κ1) is 11.7. The van der Waals surface area contributed by atoms with Gasteiger partial charge < -0.3 is 5.73 Å². The van der Waals surface area contributed by atoms with E-state index in [2.05, 4.69) is 18.9 Å². The molecule has 3 heteroatoms. The molecule has 0 aliphatic heterocycles. The lowest BCUT2D eigenvalue weighted by molar-refractivity contribution is 0.579. The van der Waals surface area contributed by atoms with Gasteiger partial charge in [-0.05, 0) is 30.9 Å². The highest BCUT2D eigenvalue weighted by Gasteiger charge is 2.07. The van der Waals surface area contributed by atoms with Crippen LogP contribution in [0.25, 0.3) is 5.69 Å². The molecule has 0 aliphatic carbocycles. The van der Waals surface area contributed by atoms with E-state index in [1.165, 1.54) is 0 Å². The molecular formula is C14H19N3. The number of benzene rings is 1. The van der Waals surface area contributed by atoms with Crippen LogP contribution in [0.1, 0.15) is 26.0 Å². The number of nitrogens with zero attached hydrogens (tertiary/aromatic N) is 2. The Morgan fingerprint density at radius 1 is 1.24 bits per heavy atom. The number of aromatic nitrogens is 2. The van der Waals surface area contributed by atoms with Crippen molar-refractivity contribution < 1.29 is 0 Å². The molecule has 2 rings (SSSR count). The smallest absolute Gasteiger partial charge is 0.127 e. The van der Waals surface area contributed by atoms with Gasteiger partial charge in [0.1, 0.15) is 5.82 Å². The molecule has 2 aromatic rings. The highest BCUT2D eigenvalue weighted by atomic mass is 15.3. The summed E-state index contributed by atoms with van der Waals surface area (Å²) in [5, 5.41) is 4.54. The number of rotatable bonds is 4.